The molecule has 0 saturated heterocycles. The number of halogens is 3. The van der Waals surface area contributed by atoms with E-state index in [4.69, 9.17) is 0 Å². The Kier molecular flexibility index (Phi) is 7.70. The molecular formula is C32H23F3N2S. The van der Waals surface area contributed by atoms with E-state index in [9.17, 15) is 13.2 Å². The summed E-state index contributed by atoms with van der Waals surface area (Å²) in [5, 5.41) is 0. The topological polar surface area (TPSA) is 25.8 Å². The molecular weight excluding hydrogens is 501 g/mol. The van der Waals surface area contributed by atoms with Gasteiger partial charge >= 0.3 is 6.18 Å². The number of hydrogen-bond acceptors (Lipinski definition) is 3. The maximum atomic E-state index is 13.1. The highest BCUT2D eigenvalue weighted by Crippen LogP contribution is 2.33. The number of aromatic nitrogens is 2. The summed E-state index contributed by atoms with van der Waals surface area (Å²) in [5.74, 6) is 0.519. The molecule has 2 nitrogen and oxygen atoms in total. The molecule has 5 rings (SSSR count). The highest BCUT2D eigenvalue weighted by atomic mass is 32.2. The quantitative estimate of drug-likeness (QED) is 0.199. The average molecular weight is 525 g/mol. The van der Waals surface area contributed by atoms with Gasteiger partial charge in [0, 0.05) is 35.4 Å². The number of hydrogen-bond donors (Lipinski definition) is 0. The predicted molar refractivity (Wildman–Crippen MR) is 149 cm³/mol. The maximum Gasteiger partial charge on any atom is 0.416 e. The van der Waals surface area contributed by atoms with Gasteiger partial charge in [-0.15, -0.1) is 11.8 Å². The molecule has 2 heterocycles. The summed E-state index contributed by atoms with van der Waals surface area (Å²) >= 11 is 1.38. The first kappa shape index (κ1) is 25.5. The Morgan fingerprint density at radius 2 is 1.21 bits per heavy atom. The molecule has 0 radical (unpaired) electrons. The van der Waals surface area contributed by atoms with Crippen LogP contribution in [0.1, 0.15) is 16.7 Å². The van der Waals surface area contributed by atoms with Gasteiger partial charge in [0.1, 0.15) is 0 Å². The van der Waals surface area contributed by atoms with E-state index in [1.807, 2.05) is 36.7 Å². The standard InChI is InChI=1S/C32H23F3N2S/c33-32(34,35)29-6-1-7-30(20-29)38-19-16-31(25-12-8-23(9-13-25)27-4-2-17-36-21-27)26-14-10-24(11-15-26)28-5-3-18-37-22-28/h1-18,20-22H,19H2. The summed E-state index contributed by atoms with van der Waals surface area (Å²) in [4.78, 5) is 8.98. The van der Waals surface area contributed by atoms with Gasteiger partial charge in [-0.05, 0) is 69.3 Å². The SMILES string of the molecule is FC(F)(F)c1cccc(SCC=C(c2ccc(-c3cccnc3)cc2)c2ccc(-c3cccnc3)cc2)c1. The van der Waals surface area contributed by atoms with Crippen LogP contribution in [0.5, 0.6) is 0 Å². The van der Waals surface area contributed by atoms with Gasteiger partial charge in [-0.1, -0.05) is 72.8 Å². The Hall–Kier alpha value is -4.16. The van der Waals surface area contributed by atoms with Crippen LogP contribution in [0.4, 0.5) is 13.2 Å². The third-order valence-electron chi connectivity index (χ3n) is 6.08. The highest BCUT2D eigenvalue weighted by Gasteiger charge is 2.30. The van der Waals surface area contributed by atoms with Crippen molar-refractivity contribution in [2.24, 2.45) is 0 Å². The van der Waals surface area contributed by atoms with E-state index < -0.39 is 11.7 Å². The third-order valence-corrected chi connectivity index (χ3v) is 7.00. The molecule has 0 spiro atoms. The van der Waals surface area contributed by atoms with E-state index in [1.165, 1.54) is 23.9 Å². The van der Waals surface area contributed by atoms with Crippen LogP contribution in [0, 0.1) is 0 Å². The first-order valence-electron chi connectivity index (χ1n) is 12.0. The second kappa shape index (κ2) is 11.5. The minimum Gasteiger partial charge on any atom is -0.264 e. The molecule has 38 heavy (non-hydrogen) atoms. The number of alkyl halides is 3. The highest BCUT2D eigenvalue weighted by molar-refractivity contribution is 7.99. The minimum atomic E-state index is -4.36. The molecule has 0 bridgehead atoms. The maximum absolute atomic E-state index is 13.1. The molecule has 0 aliphatic carbocycles. The lowest BCUT2D eigenvalue weighted by Crippen LogP contribution is -2.04. The lowest BCUT2D eigenvalue weighted by molar-refractivity contribution is -0.137. The zero-order valence-electron chi connectivity index (χ0n) is 20.3. The van der Waals surface area contributed by atoms with E-state index in [2.05, 4.69) is 64.6 Å². The Morgan fingerprint density at radius 3 is 1.68 bits per heavy atom. The van der Waals surface area contributed by atoms with Crippen LogP contribution in [0.15, 0.2) is 133 Å². The second-order valence-corrected chi connectivity index (χ2v) is 9.69. The predicted octanol–water partition coefficient (Wildman–Crippen LogP) is 9.05. The van der Waals surface area contributed by atoms with Crippen LogP contribution in [-0.4, -0.2) is 15.7 Å². The molecule has 0 N–H and O–H groups in total. The lowest BCUT2D eigenvalue weighted by atomic mass is 9.94. The van der Waals surface area contributed by atoms with Crippen LogP contribution in [-0.2, 0) is 6.18 Å². The lowest BCUT2D eigenvalue weighted by Gasteiger charge is -2.12. The third kappa shape index (κ3) is 6.21. The van der Waals surface area contributed by atoms with Crippen molar-refractivity contribution in [3.8, 4) is 22.3 Å². The van der Waals surface area contributed by atoms with Crippen molar-refractivity contribution in [2.45, 2.75) is 11.1 Å². The van der Waals surface area contributed by atoms with Gasteiger partial charge in [-0.3, -0.25) is 9.97 Å². The van der Waals surface area contributed by atoms with Crippen molar-refractivity contribution in [2.75, 3.05) is 5.75 Å². The van der Waals surface area contributed by atoms with Crippen molar-refractivity contribution in [3.63, 3.8) is 0 Å². The van der Waals surface area contributed by atoms with Gasteiger partial charge in [-0.25, -0.2) is 0 Å². The molecule has 0 atom stereocenters. The molecule has 3 aromatic carbocycles. The minimum absolute atomic E-state index is 0.519. The van der Waals surface area contributed by atoms with E-state index >= 15 is 0 Å². The Morgan fingerprint density at radius 1 is 0.658 bits per heavy atom. The van der Waals surface area contributed by atoms with E-state index in [-0.39, 0.29) is 0 Å². The fourth-order valence-electron chi connectivity index (χ4n) is 4.14. The summed E-state index contributed by atoms with van der Waals surface area (Å²) in [5.41, 5.74) is 6.62. The molecule has 0 aliphatic heterocycles. The summed E-state index contributed by atoms with van der Waals surface area (Å²) in [6.45, 7) is 0. The normalized spacial score (nSPS) is 11.2. The molecule has 0 amide bonds. The van der Waals surface area contributed by atoms with Crippen molar-refractivity contribution in [1.82, 2.24) is 9.97 Å². The first-order chi connectivity index (χ1) is 18.5. The smallest absolute Gasteiger partial charge is 0.264 e. The van der Waals surface area contributed by atoms with Crippen molar-refractivity contribution in [3.05, 3.63) is 145 Å². The van der Waals surface area contributed by atoms with Crippen LogP contribution in [0.25, 0.3) is 27.8 Å². The molecule has 188 valence electrons. The Balaban J connectivity index is 1.44. The number of nitrogens with zero attached hydrogens (tertiary/aromatic N) is 2. The van der Waals surface area contributed by atoms with E-state index in [1.54, 1.807) is 18.5 Å². The second-order valence-electron chi connectivity index (χ2n) is 8.59. The molecule has 0 fully saturated rings. The van der Waals surface area contributed by atoms with Crippen LogP contribution >= 0.6 is 11.8 Å². The van der Waals surface area contributed by atoms with Crippen LogP contribution in [0.3, 0.4) is 0 Å². The number of pyridine rings is 2. The van der Waals surface area contributed by atoms with Gasteiger partial charge in [0.2, 0.25) is 0 Å². The van der Waals surface area contributed by atoms with Crippen molar-refractivity contribution >= 4 is 17.3 Å². The Bertz CT molecular complexity index is 1430. The van der Waals surface area contributed by atoms with Crippen molar-refractivity contribution in [1.29, 1.82) is 0 Å². The number of thioether (sulfide) groups is 1. The van der Waals surface area contributed by atoms with Gasteiger partial charge in [0.25, 0.3) is 0 Å². The van der Waals surface area contributed by atoms with Crippen molar-refractivity contribution < 1.29 is 13.2 Å². The summed E-state index contributed by atoms with van der Waals surface area (Å²) in [6.07, 6.45) is 4.86. The molecule has 0 aliphatic rings. The van der Waals surface area contributed by atoms with Crippen LogP contribution < -0.4 is 0 Å². The zero-order valence-corrected chi connectivity index (χ0v) is 21.1. The van der Waals surface area contributed by atoms with E-state index in [0.29, 0.717) is 10.6 Å². The van der Waals surface area contributed by atoms with Gasteiger partial charge in [0.15, 0.2) is 0 Å². The zero-order chi connectivity index (χ0) is 26.4. The number of benzene rings is 3. The fourth-order valence-corrected chi connectivity index (χ4v) is 4.96. The van der Waals surface area contributed by atoms with E-state index in [0.717, 1.165) is 45.0 Å². The number of rotatable bonds is 7. The summed E-state index contributed by atoms with van der Waals surface area (Å²) in [7, 11) is 0. The molecule has 0 unspecified atom stereocenters. The molecule has 0 saturated carbocycles. The average Bonchev–Trinajstić information content (AvgIpc) is 2.96. The summed E-state index contributed by atoms with van der Waals surface area (Å²) in [6, 6.07) is 29.8. The monoisotopic (exact) mass is 524 g/mol. The molecule has 6 heteroatoms. The molecule has 2 aromatic heterocycles. The molecule has 5 aromatic rings. The first-order valence-corrected chi connectivity index (χ1v) is 13.0. The largest absolute Gasteiger partial charge is 0.416 e. The fraction of sp³-hybridized carbons (Fsp3) is 0.0625. The van der Waals surface area contributed by atoms with Gasteiger partial charge < -0.3 is 0 Å². The van der Waals surface area contributed by atoms with Gasteiger partial charge in [-0.2, -0.15) is 13.2 Å². The van der Waals surface area contributed by atoms with Gasteiger partial charge in [0.05, 0.1) is 5.56 Å². The Labute approximate surface area is 223 Å². The summed E-state index contributed by atoms with van der Waals surface area (Å²) < 4.78 is 39.4. The van der Waals surface area contributed by atoms with Crippen LogP contribution in [0.2, 0.25) is 0 Å².